The molecule has 1 aromatic carbocycles. The van der Waals surface area contributed by atoms with Crippen molar-refractivity contribution in [2.24, 2.45) is 0 Å². The van der Waals surface area contributed by atoms with Gasteiger partial charge in [0.25, 0.3) is 5.91 Å². The van der Waals surface area contributed by atoms with Crippen molar-refractivity contribution in [1.82, 2.24) is 35.5 Å². The van der Waals surface area contributed by atoms with Crippen LogP contribution in [-0.4, -0.2) is 48.4 Å². The molecule has 0 radical (unpaired) electrons. The third-order valence-corrected chi connectivity index (χ3v) is 5.61. The number of amides is 2. The standard InChI is InChI=1S/C26H24F4N8O3/c27-21-8-7-20(41-26(28,29)30)13-18(21)15-32-25(40)22-16-38(37-35-22)11-2-1-5-19-6-9-23(36-34-19)33-24(39)12-17-4-3-10-31-14-17/h3-4,6-10,13-14,16H,1-2,5,11-12,15H2,(H,32,40)(H,33,36,39). The first-order valence-electron chi connectivity index (χ1n) is 12.4. The van der Waals surface area contributed by atoms with Crippen molar-refractivity contribution in [3.05, 3.63) is 89.4 Å². The number of unbranched alkanes of at least 4 members (excludes halogenated alkanes) is 1. The van der Waals surface area contributed by atoms with E-state index in [0.717, 1.165) is 35.9 Å². The van der Waals surface area contributed by atoms with Crippen LogP contribution in [0.1, 0.15) is 40.2 Å². The highest BCUT2D eigenvalue weighted by Crippen LogP contribution is 2.24. The molecule has 4 aromatic rings. The summed E-state index contributed by atoms with van der Waals surface area (Å²) in [4.78, 5) is 28.5. The predicted molar refractivity (Wildman–Crippen MR) is 136 cm³/mol. The van der Waals surface area contributed by atoms with Gasteiger partial charge in [0, 0.05) is 31.0 Å². The quantitative estimate of drug-likeness (QED) is 0.194. The fourth-order valence-electron chi connectivity index (χ4n) is 3.68. The maximum atomic E-state index is 14.0. The Hall–Kier alpha value is -4.95. The first-order chi connectivity index (χ1) is 19.6. The van der Waals surface area contributed by atoms with E-state index in [2.05, 4.69) is 40.9 Å². The van der Waals surface area contributed by atoms with Crippen LogP contribution in [0.15, 0.2) is 61.1 Å². The summed E-state index contributed by atoms with van der Waals surface area (Å²) in [5.74, 6) is -1.94. The molecule has 214 valence electrons. The molecule has 2 N–H and O–H groups in total. The highest BCUT2D eigenvalue weighted by molar-refractivity contribution is 5.92. The average Bonchev–Trinajstić information content (AvgIpc) is 3.41. The van der Waals surface area contributed by atoms with Gasteiger partial charge in [-0.15, -0.1) is 23.4 Å². The summed E-state index contributed by atoms with van der Waals surface area (Å²) in [6.07, 6.45) is 1.97. The molecule has 3 aromatic heterocycles. The zero-order chi connectivity index (χ0) is 29.2. The summed E-state index contributed by atoms with van der Waals surface area (Å²) in [7, 11) is 0. The fraction of sp³-hybridized carbons (Fsp3) is 0.269. The van der Waals surface area contributed by atoms with Crippen LogP contribution in [0.4, 0.5) is 23.4 Å². The third-order valence-electron chi connectivity index (χ3n) is 5.61. The number of nitrogens with one attached hydrogen (secondary N) is 2. The van der Waals surface area contributed by atoms with E-state index in [1.54, 1.807) is 30.6 Å². The van der Waals surface area contributed by atoms with Crippen molar-refractivity contribution >= 4 is 17.6 Å². The average molecular weight is 573 g/mol. The van der Waals surface area contributed by atoms with E-state index < -0.39 is 23.8 Å². The molecule has 11 nitrogen and oxygen atoms in total. The van der Waals surface area contributed by atoms with Crippen LogP contribution >= 0.6 is 0 Å². The molecule has 0 saturated heterocycles. The minimum atomic E-state index is -4.92. The third kappa shape index (κ3) is 9.33. The Balaban J connectivity index is 1.17. The maximum Gasteiger partial charge on any atom is 0.573 e. The number of halogens is 4. The second-order valence-electron chi connectivity index (χ2n) is 8.80. The largest absolute Gasteiger partial charge is 0.573 e. The number of hydrogen-bond donors (Lipinski definition) is 2. The molecule has 41 heavy (non-hydrogen) atoms. The van der Waals surface area contributed by atoms with Crippen molar-refractivity contribution in [1.29, 1.82) is 0 Å². The lowest BCUT2D eigenvalue weighted by Gasteiger charge is -2.11. The van der Waals surface area contributed by atoms with Crippen molar-refractivity contribution in [3.63, 3.8) is 0 Å². The van der Waals surface area contributed by atoms with Crippen molar-refractivity contribution in [2.45, 2.75) is 45.1 Å². The number of carbonyl (C=O) groups is 2. The van der Waals surface area contributed by atoms with Gasteiger partial charge < -0.3 is 15.4 Å². The summed E-state index contributed by atoms with van der Waals surface area (Å²) in [5.41, 5.74) is 1.32. The lowest BCUT2D eigenvalue weighted by atomic mass is 10.2. The molecule has 0 spiro atoms. The van der Waals surface area contributed by atoms with Gasteiger partial charge in [-0.25, -0.2) is 4.39 Å². The number of hydrogen-bond acceptors (Lipinski definition) is 8. The number of rotatable bonds is 12. The van der Waals surface area contributed by atoms with Crippen LogP contribution in [0.25, 0.3) is 0 Å². The molecule has 0 aliphatic carbocycles. The minimum absolute atomic E-state index is 0.0277. The van der Waals surface area contributed by atoms with Gasteiger partial charge in [0.2, 0.25) is 5.91 Å². The van der Waals surface area contributed by atoms with Crippen LogP contribution in [0, 0.1) is 5.82 Å². The Bertz CT molecular complexity index is 1460. The van der Waals surface area contributed by atoms with E-state index >= 15 is 0 Å². The number of ether oxygens (including phenoxy) is 1. The first kappa shape index (κ1) is 29.0. The Morgan fingerprint density at radius 3 is 2.61 bits per heavy atom. The Morgan fingerprint density at radius 2 is 1.88 bits per heavy atom. The van der Waals surface area contributed by atoms with Crippen molar-refractivity contribution in [2.75, 3.05) is 5.32 Å². The van der Waals surface area contributed by atoms with E-state index in [9.17, 15) is 27.2 Å². The molecule has 0 aliphatic heterocycles. The fourth-order valence-corrected chi connectivity index (χ4v) is 3.68. The maximum absolute atomic E-state index is 14.0. The number of alkyl halides is 3. The topological polar surface area (TPSA) is 137 Å². The Morgan fingerprint density at radius 1 is 1.02 bits per heavy atom. The molecule has 15 heteroatoms. The minimum Gasteiger partial charge on any atom is -0.406 e. The number of carbonyl (C=O) groups excluding carboxylic acids is 2. The normalized spacial score (nSPS) is 11.2. The molecule has 0 aliphatic rings. The van der Waals surface area contributed by atoms with Crippen molar-refractivity contribution in [3.8, 4) is 5.75 Å². The molecule has 3 heterocycles. The summed E-state index contributed by atoms with van der Waals surface area (Å²) in [5, 5.41) is 20.9. The molecule has 4 rings (SSSR count). The molecule has 0 unspecified atom stereocenters. The molecular weight excluding hydrogens is 548 g/mol. The predicted octanol–water partition coefficient (Wildman–Crippen LogP) is 3.63. The van der Waals surface area contributed by atoms with Gasteiger partial charge in [-0.2, -0.15) is 5.10 Å². The van der Waals surface area contributed by atoms with Gasteiger partial charge >= 0.3 is 6.36 Å². The van der Waals surface area contributed by atoms with Crippen molar-refractivity contribution < 1.29 is 31.9 Å². The first-order valence-corrected chi connectivity index (χ1v) is 12.4. The van der Waals surface area contributed by atoms with E-state index in [1.807, 2.05) is 6.07 Å². The number of aryl methyl sites for hydroxylation is 2. The SMILES string of the molecule is O=C(Cc1cccnc1)Nc1ccc(CCCCn2cc(C(=O)NCc3cc(OC(F)(F)F)ccc3F)nn2)nn1. The number of pyridine rings is 1. The van der Waals surface area contributed by atoms with Gasteiger partial charge in [0.1, 0.15) is 11.6 Å². The number of anilines is 1. The molecule has 0 saturated carbocycles. The summed E-state index contributed by atoms with van der Waals surface area (Å²) in [6.45, 7) is 0.0856. The van der Waals surface area contributed by atoms with E-state index in [-0.39, 0.29) is 30.1 Å². The van der Waals surface area contributed by atoms with Crippen LogP contribution in [-0.2, 0) is 30.7 Å². The van der Waals surface area contributed by atoms with Gasteiger partial charge in [-0.3, -0.25) is 19.3 Å². The van der Waals surface area contributed by atoms with Gasteiger partial charge in [-0.1, -0.05) is 11.3 Å². The molecular formula is C26H24F4N8O3. The highest BCUT2D eigenvalue weighted by atomic mass is 19.4. The number of aromatic nitrogens is 6. The molecule has 0 fully saturated rings. The second-order valence-corrected chi connectivity index (χ2v) is 8.80. The highest BCUT2D eigenvalue weighted by Gasteiger charge is 2.31. The zero-order valence-electron chi connectivity index (χ0n) is 21.4. The van der Waals surface area contributed by atoms with Crippen LogP contribution in [0.2, 0.25) is 0 Å². The van der Waals surface area contributed by atoms with Crippen LogP contribution in [0.5, 0.6) is 5.75 Å². The van der Waals surface area contributed by atoms with Crippen LogP contribution in [0.3, 0.4) is 0 Å². The summed E-state index contributed by atoms with van der Waals surface area (Å²) in [6, 6.07) is 9.54. The monoisotopic (exact) mass is 572 g/mol. The molecule has 0 bridgehead atoms. The summed E-state index contributed by atoms with van der Waals surface area (Å²) < 4.78 is 56.4. The van der Waals surface area contributed by atoms with Gasteiger partial charge in [0.15, 0.2) is 11.5 Å². The van der Waals surface area contributed by atoms with Gasteiger partial charge in [0.05, 0.1) is 18.3 Å². The van der Waals surface area contributed by atoms with E-state index in [1.165, 1.54) is 10.9 Å². The van der Waals surface area contributed by atoms with E-state index in [4.69, 9.17) is 0 Å². The number of benzene rings is 1. The zero-order valence-corrected chi connectivity index (χ0v) is 21.4. The second kappa shape index (κ2) is 13.4. The van der Waals surface area contributed by atoms with E-state index in [0.29, 0.717) is 25.2 Å². The molecule has 2 amide bonds. The number of nitrogens with zero attached hydrogens (tertiary/aromatic N) is 6. The van der Waals surface area contributed by atoms with Gasteiger partial charge in [-0.05, 0) is 61.2 Å². The lowest BCUT2D eigenvalue weighted by molar-refractivity contribution is -0.274. The van der Waals surface area contributed by atoms with Crippen LogP contribution < -0.4 is 15.4 Å². The lowest BCUT2D eigenvalue weighted by Crippen LogP contribution is -2.24. The molecule has 0 atom stereocenters. The Kier molecular flexibility index (Phi) is 9.50. The Labute approximate surface area is 231 Å². The smallest absolute Gasteiger partial charge is 0.406 e. The summed E-state index contributed by atoms with van der Waals surface area (Å²) >= 11 is 0.